The van der Waals surface area contributed by atoms with E-state index in [4.69, 9.17) is 19.2 Å². The van der Waals surface area contributed by atoms with Gasteiger partial charge in [-0.1, -0.05) is 69.9 Å². The summed E-state index contributed by atoms with van der Waals surface area (Å²) >= 11 is 0. The van der Waals surface area contributed by atoms with Crippen LogP contribution in [0.4, 0.5) is 0 Å². The van der Waals surface area contributed by atoms with Crippen molar-refractivity contribution in [3.05, 3.63) is 78.3 Å². The first-order valence-electron chi connectivity index (χ1n) is 23.1. The van der Waals surface area contributed by atoms with Crippen LogP contribution in [0.25, 0.3) is 0 Å². The van der Waals surface area contributed by atoms with Crippen LogP contribution in [-0.2, 0) is 68.2 Å². The number of imidazole rings is 1. The molecule has 0 spiro atoms. The van der Waals surface area contributed by atoms with E-state index in [-0.39, 0.29) is 37.7 Å². The Morgan fingerprint density at radius 1 is 0.881 bits per heavy atom. The number of nitrogens with one attached hydrogen (secondary N) is 4. The number of amides is 6. The second-order valence-electron chi connectivity index (χ2n) is 17.3. The highest BCUT2D eigenvalue weighted by atomic mass is 31.2. The molecular formula is C46H69N8O12P. The average Bonchev–Trinajstić information content (AvgIpc) is 4.08. The number of likely N-dealkylation sites (tertiary alicyclic amines) is 1. The van der Waals surface area contributed by atoms with Gasteiger partial charge >= 0.3 is 7.82 Å². The van der Waals surface area contributed by atoms with Gasteiger partial charge in [-0.3, -0.25) is 37.8 Å². The highest BCUT2D eigenvalue weighted by Gasteiger charge is 2.38. The number of primary amides is 1. The van der Waals surface area contributed by atoms with Crippen LogP contribution in [0, 0.1) is 5.92 Å². The van der Waals surface area contributed by atoms with Crippen molar-refractivity contribution in [3.8, 4) is 0 Å². The number of aromatic nitrogens is 2. The number of benzene rings is 1. The number of hydrogen-bond donors (Lipinski definition) is 7. The lowest BCUT2D eigenvalue weighted by molar-refractivity contribution is -0.139. The van der Waals surface area contributed by atoms with Crippen molar-refractivity contribution in [3.63, 3.8) is 0 Å². The number of unbranched alkanes of at least 4 members (excludes halogenated alkanes) is 5. The molecule has 3 heterocycles. The molecule has 2 aromatic heterocycles. The summed E-state index contributed by atoms with van der Waals surface area (Å²) in [5.41, 5.74) is 7.45. The van der Waals surface area contributed by atoms with E-state index in [1.165, 1.54) is 30.6 Å². The van der Waals surface area contributed by atoms with Gasteiger partial charge in [-0.15, -0.1) is 0 Å². The molecule has 1 fully saturated rings. The van der Waals surface area contributed by atoms with Crippen molar-refractivity contribution in [1.82, 2.24) is 35.7 Å². The summed E-state index contributed by atoms with van der Waals surface area (Å²) in [5, 5.41) is 20.6. The lowest BCUT2D eigenvalue weighted by Gasteiger charge is -2.28. The minimum Gasteiger partial charge on any atom is -0.469 e. The Morgan fingerprint density at radius 3 is 2.21 bits per heavy atom. The lowest BCUT2D eigenvalue weighted by Crippen LogP contribution is -2.61. The van der Waals surface area contributed by atoms with Crippen LogP contribution in [0.3, 0.4) is 0 Å². The molecule has 4 rings (SSSR count). The van der Waals surface area contributed by atoms with Crippen molar-refractivity contribution in [2.75, 3.05) is 19.8 Å². The van der Waals surface area contributed by atoms with Crippen molar-refractivity contribution in [2.45, 2.75) is 148 Å². The van der Waals surface area contributed by atoms with Crippen LogP contribution in [0.5, 0.6) is 0 Å². The highest BCUT2D eigenvalue weighted by molar-refractivity contribution is 7.47. The zero-order valence-corrected chi connectivity index (χ0v) is 39.9. The minimum atomic E-state index is -4.79. The van der Waals surface area contributed by atoms with Crippen LogP contribution in [0.15, 0.2) is 65.7 Å². The summed E-state index contributed by atoms with van der Waals surface area (Å²) in [6, 6.07) is 6.96. The molecule has 6 amide bonds. The van der Waals surface area contributed by atoms with Gasteiger partial charge in [0.2, 0.25) is 35.4 Å². The molecule has 1 saturated heterocycles. The fourth-order valence-corrected chi connectivity index (χ4v) is 8.84. The molecular weight excluding hydrogens is 888 g/mol. The number of aliphatic hydroxyl groups is 1. The maximum Gasteiger partial charge on any atom is 0.472 e. The van der Waals surface area contributed by atoms with Gasteiger partial charge in [-0.05, 0) is 69.1 Å². The number of phosphoric ester groups is 1. The fourth-order valence-electron chi connectivity index (χ4n) is 7.92. The monoisotopic (exact) mass is 956 g/mol. The molecule has 0 bridgehead atoms. The minimum absolute atomic E-state index is 0.0822. The number of nitrogens with zero attached hydrogens (tertiary/aromatic N) is 3. The van der Waals surface area contributed by atoms with E-state index in [0.717, 1.165) is 44.9 Å². The number of nitrogens with two attached hydrogens (primary N) is 1. The van der Waals surface area contributed by atoms with Crippen LogP contribution in [0.2, 0.25) is 0 Å². The number of carbonyl (C=O) groups excluding carboxylic acids is 6. The van der Waals surface area contributed by atoms with Gasteiger partial charge < -0.3 is 50.9 Å². The first-order chi connectivity index (χ1) is 32.0. The van der Waals surface area contributed by atoms with Crippen molar-refractivity contribution < 1.29 is 56.8 Å². The summed E-state index contributed by atoms with van der Waals surface area (Å²) in [6.07, 6.45) is 11.5. The normalized spacial score (nSPS) is 16.9. The van der Waals surface area contributed by atoms with Gasteiger partial charge in [0.1, 0.15) is 36.0 Å². The molecule has 3 aromatic rings. The molecule has 67 heavy (non-hydrogen) atoms. The molecule has 21 heteroatoms. The Hall–Kier alpha value is -5.40. The van der Waals surface area contributed by atoms with Crippen LogP contribution < -0.4 is 27.0 Å². The van der Waals surface area contributed by atoms with E-state index in [1.807, 2.05) is 36.6 Å². The number of furan rings is 1. The van der Waals surface area contributed by atoms with Crippen molar-refractivity contribution >= 4 is 43.3 Å². The van der Waals surface area contributed by atoms with E-state index in [0.29, 0.717) is 37.4 Å². The summed E-state index contributed by atoms with van der Waals surface area (Å²) in [7, 11) is -4.79. The standard InChI is InChI=1S/C46H69N8O12P/c1-31(2)26-37(50-46(61)40-20-14-23-54(40)33(4)56)43(58)49-38(27-35-28-48-30-53(35)22-13-8-6-5-7-10-16-34-17-11-9-12-18-34)44(59)51-39(29-55)45(60)52-41(42(47)57)32(3)66-67(62,63)65-25-21-36-19-15-24-64-36/h9,11-12,15,17-19,24,28,30-32,37-41,55H,5-8,10,13-14,16,20-23,25-27,29H2,1-4H3,(H2,47,57)(H,49,58)(H,50,61)(H,51,59)(H,52,60)(H,62,63)/t32-,37+,38+,39+,40+,41?/m1/s1. The molecule has 2 unspecified atom stereocenters. The molecule has 1 aliphatic rings. The fraction of sp³-hybridized carbons (Fsp3) is 0.587. The molecule has 1 aromatic carbocycles. The smallest absolute Gasteiger partial charge is 0.469 e. The number of aliphatic hydroxyl groups excluding tert-OH is 1. The largest absolute Gasteiger partial charge is 0.472 e. The molecule has 20 nitrogen and oxygen atoms in total. The highest BCUT2D eigenvalue weighted by Crippen LogP contribution is 2.45. The van der Waals surface area contributed by atoms with Gasteiger partial charge in [0.05, 0.1) is 31.9 Å². The van der Waals surface area contributed by atoms with E-state index in [1.54, 1.807) is 24.7 Å². The van der Waals surface area contributed by atoms with Crippen LogP contribution in [-0.4, -0.2) is 116 Å². The van der Waals surface area contributed by atoms with Gasteiger partial charge in [-0.2, -0.15) is 0 Å². The lowest BCUT2D eigenvalue weighted by atomic mass is 10.0. The van der Waals surface area contributed by atoms with Gasteiger partial charge in [0, 0.05) is 44.7 Å². The first-order valence-corrected chi connectivity index (χ1v) is 24.6. The van der Waals surface area contributed by atoms with E-state index < -0.39 is 80.3 Å². The van der Waals surface area contributed by atoms with Crippen LogP contribution in [0.1, 0.15) is 102 Å². The summed E-state index contributed by atoms with van der Waals surface area (Å²) in [5.74, 6) is -4.23. The number of rotatable bonds is 30. The van der Waals surface area contributed by atoms with Crippen molar-refractivity contribution in [1.29, 1.82) is 0 Å². The number of carbonyl (C=O) groups is 6. The Morgan fingerprint density at radius 2 is 1.55 bits per heavy atom. The first kappa shape index (κ1) is 54.2. The van der Waals surface area contributed by atoms with Crippen molar-refractivity contribution in [2.24, 2.45) is 11.7 Å². The molecule has 8 N–H and O–H groups in total. The maximum absolute atomic E-state index is 14.2. The quantitative estimate of drug-likeness (QED) is 0.0374. The molecule has 7 atom stereocenters. The number of aryl methyl sites for hydroxylation is 2. The second kappa shape index (κ2) is 27.4. The Balaban J connectivity index is 1.45. The van der Waals surface area contributed by atoms with Crippen LogP contribution >= 0.6 is 7.82 Å². The van der Waals surface area contributed by atoms with Gasteiger partial charge in [-0.25, -0.2) is 9.55 Å². The van der Waals surface area contributed by atoms with Gasteiger partial charge in [0.15, 0.2) is 0 Å². The summed E-state index contributed by atoms with van der Waals surface area (Å²) < 4.78 is 29.8. The number of phosphoric acid groups is 1. The zero-order valence-electron chi connectivity index (χ0n) is 39.0. The third-order valence-electron chi connectivity index (χ3n) is 11.5. The second-order valence-corrected chi connectivity index (χ2v) is 18.7. The topological polar surface area (TPSA) is 287 Å². The summed E-state index contributed by atoms with van der Waals surface area (Å²) in [4.78, 5) is 96.2. The zero-order chi connectivity index (χ0) is 48.9. The average molecular weight is 957 g/mol. The van der Waals surface area contributed by atoms with Gasteiger partial charge in [0.25, 0.3) is 0 Å². The van der Waals surface area contributed by atoms with E-state index in [2.05, 4.69) is 38.4 Å². The molecule has 0 aliphatic carbocycles. The molecule has 0 saturated carbocycles. The third-order valence-corrected chi connectivity index (χ3v) is 12.6. The maximum atomic E-state index is 14.2. The third kappa shape index (κ3) is 18.3. The Labute approximate surface area is 392 Å². The molecule has 0 radical (unpaired) electrons. The molecule has 1 aliphatic heterocycles. The Bertz CT molecular complexity index is 2080. The number of hydrogen-bond acceptors (Lipinski definition) is 12. The molecule has 370 valence electrons. The summed E-state index contributed by atoms with van der Waals surface area (Å²) in [6.45, 7) is 6.03. The SMILES string of the molecule is CC(=O)N1CCC[C@H]1C(=O)N[C@@H](CC(C)C)C(=O)N[C@@H](Cc1cncn1CCCCCCCCc1ccccc1)C(=O)N[C@@H](CO)C(=O)NC(C(N)=O)[C@@H](C)OP(=O)(O)OCCc1ccco1. The Kier molecular flexibility index (Phi) is 22.2. The predicted molar refractivity (Wildman–Crippen MR) is 246 cm³/mol. The predicted octanol–water partition coefficient (Wildman–Crippen LogP) is 2.84. The van der Waals surface area contributed by atoms with E-state index >= 15 is 0 Å². The van der Waals surface area contributed by atoms with E-state index in [9.17, 15) is 43.3 Å².